The van der Waals surface area contributed by atoms with Crippen molar-refractivity contribution in [3.05, 3.63) is 249 Å². The van der Waals surface area contributed by atoms with Crippen molar-refractivity contribution in [1.29, 1.82) is 0 Å². The van der Waals surface area contributed by atoms with E-state index >= 15 is 17.6 Å². The number of aromatic amines is 4. The Balaban J connectivity index is 0.000000144. The van der Waals surface area contributed by atoms with Crippen molar-refractivity contribution >= 4 is 31.3 Å². The highest BCUT2D eigenvalue weighted by atomic mass is 31.2. The fourth-order valence-corrected chi connectivity index (χ4v) is 16.7. The lowest BCUT2D eigenvalue weighted by atomic mass is 10.2. The normalized spacial score (nSPS) is 32.9. The Hall–Kier alpha value is -9.48. The molecule has 8 aliphatic rings. The van der Waals surface area contributed by atoms with Gasteiger partial charge < -0.3 is 57.5 Å². The molecule has 12 heterocycles. The average Bonchev–Trinajstić information content (AvgIpc) is 1.58. The molecular weight excluding hydrogens is 1720 g/mol. The van der Waals surface area contributed by atoms with Gasteiger partial charge in [-0.25, -0.2) is 72.6 Å². The number of benzene rings is 4. The highest BCUT2D eigenvalue weighted by molar-refractivity contribution is 7.49. The van der Waals surface area contributed by atoms with E-state index < -0.39 is 237 Å². The number of hydrogen-bond donors (Lipinski definition) is 8. The van der Waals surface area contributed by atoms with Gasteiger partial charge in [0, 0.05) is 95.0 Å². The molecule has 120 heavy (non-hydrogen) atoms. The number of aliphatic hydroxyl groups excluding tert-OH is 4. The maximum Gasteiger partial charge on any atom is 0.530 e. The first-order valence-corrected chi connectivity index (χ1v) is 40.5. The summed E-state index contributed by atoms with van der Waals surface area (Å²) in [5.41, 5.74) is -5.99. The maximum absolute atomic E-state index is 15.6. The van der Waals surface area contributed by atoms with Gasteiger partial charge in [0.05, 0.1) is 34.7 Å². The molecule has 16 atom stereocenters. The molecule has 0 aliphatic carbocycles. The third-order valence-electron chi connectivity index (χ3n) is 17.9. The number of phosphoric acid groups is 4. The highest BCUT2D eigenvalue weighted by Gasteiger charge is 2.55. The molecular formula is C68H68F8N8O32P4. The Kier molecular flexibility index (Phi) is 22.8. The van der Waals surface area contributed by atoms with E-state index in [1.807, 2.05) is 19.9 Å². The van der Waals surface area contributed by atoms with Gasteiger partial charge in [-0.1, -0.05) is 0 Å². The molecule has 4 unspecified atom stereocenters. The fraction of sp³-hybridized carbons (Fsp3) is 0.412. The number of fused-ring (bicyclic) bond motifs is 4. The lowest BCUT2D eigenvalue weighted by Gasteiger charge is -2.27. The van der Waals surface area contributed by atoms with Gasteiger partial charge >= 0.3 is 54.0 Å². The molecule has 16 rings (SSSR count). The van der Waals surface area contributed by atoms with Crippen LogP contribution in [0.15, 0.2) is 136 Å². The van der Waals surface area contributed by atoms with E-state index in [1.54, 1.807) is 0 Å². The van der Waals surface area contributed by atoms with Gasteiger partial charge in [0.15, 0.2) is 24.9 Å². The largest absolute Gasteiger partial charge is 0.530 e. The number of alkyl halides is 4. The molecule has 40 nitrogen and oxygen atoms in total. The summed E-state index contributed by atoms with van der Waals surface area (Å²) in [6, 6.07) is 13.2. The first kappa shape index (κ1) is 80.3. The van der Waals surface area contributed by atoms with Gasteiger partial charge in [-0.3, -0.25) is 93.6 Å². The van der Waals surface area contributed by atoms with Crippen molar-refractivity contribution < 1.29 is 155 Å². The molecule has 4 aromatic heterocycles. The van der Waals surface area contributed by atoms with Gasteiger partial charge in [0.1, 0.15) is 97.0 Å². The molecule has 8 aliphatic heterocycles. The van der Waals surface area contributed by atoms with E-state index in [0.29, 0.717) is 19.3 Å². The Morgan fingerprint density at radius 2 is 0.650 bits per heavy atom. The van der Waals surface area contributed by atoms with E-state index in [-0.39, 0.29) is 75.2 Å². The lowest BCUT2D eigenvalue weighted by molar-refractivity contribution is -0.179. The quantitative estimate of drug-likeness (QED) is 0.0370. The minimum Gasteiger partial charge on any atom is -0.404 e. The van der Waals surface area contributed by atoms with Crippen molar-refractivity contribution in [3.63, 3.8) is 0 Å². The van der Waals surface area contributed by atoms with Crippen LogP contribution in [0, 0.1) is 51.0 Å². The van der Waals surface area contributed by atoms with Gasteiger partial charge in [-0.2, -0.15) is 0 Å². The second-order valence-corrected chi connectivity index (χ2v) is 33.4. The number of aromatic nitrogens is 8. The van der Waals surface area contributed by atoms with Crippen LogP contribution in [0.5, 0.6) is 23.0 Å². The molecule has 4 fully saturated rings. The summed E-state index contributed by atoms with van der Waals surface area (Å²) in [4.78, 5) is 102. The summed E-state index contributed by atoms with van der Waals surface area (Å²) >= 11 is 0. The topological polar surface area (TPSA) is 516 Å². The molecule has 0 saturated carbocycles. The number of aryl methyl sites for hydroxylation is 4. The summed E-state index contributed by atoms with van der Waals surface area (Å²) in [7, 11) is -18.1. The van der Waals surface area contributed by atoms with E-state index in [2.05, 4.69) is 0 Å². The molecule has 0 bridgehead atoms. The van der Waals surface area contributed by atoms with Crippen molar-refractivity contribution in [2.45, 2.75) is 153 Å². The zero-order valence-electron chi connectivity index (χ0n) is 67.6. The van der Waals surface area contributed by atoms with E-state index in [1.165, 1.54) is 39.8 Å². The van der Waals surface area contributed by atoms with Gasteiger partial charge in [0.25, 0.3) is 22.2 Å². The van der Waals surface area contributed by atoms with Crippen molar-refractivity contribution in [2.24, 2.45) is 0 Å². The summed E-state index contributed by atoms with van der Waals surface area (Å²) in [5.74, 6) is -15.0. The van der Waals surface area contributed by atoms with Crippen molar-refractivity contribution in [2.75, 3.05) is 26.3 Å². The number of rotatable bonds is 16. The Morgan fingerprint density at radius 1 is 0.400 bits per heavy atom. The summed E-state index contributed by atoms with van der Waals surface area (Å²) < 4.78 is 296. The van der Waals surface area contributed by atoms with Crippen LogP contribution in [-0.4, -0.2) is 133 Å². The van der Waals surface area contributed by atoms with Crippen LogP contribution in [-0.2, 0) is 99.8 Å². The molecule has 648 valence electrons. The van der Waals surface area contributed by atoms with Crippen LogP contribution < -0.4 is 63.1 Å². The van der Waals surface area contributed by atoms with E-state index in [4.69, 9.17) is 81.5 Å². The molecule has 4 aromatic carbocycles. The lowest BCUT2D eigenvalue weighted by Crippen LogP contribution is -2.37. The number of aliphatic hydroxyl groups is 4. The molecule has 8 N–H and O–H groups in total. The summed E-state index contributed by atoms with van der Waals surface area (Å²) in [6.45, 7) is -5.29. The number of ether oxygens (including phenoxy) is 4. The monoisotopic (exact) mass is 1790 g/mol. The first-order chi connectivity index (χ1) is 58.5. The summed E-state index contributed by atoms with van der Waals surface area (Å²) in [5, 5.41) is 41.0. The number of nitrogens with zero attached hydrogens (tertiary/aromatic N) is 4. The third-order valence-corrected chi connectivity index (χ3v) is 22.8. The Morgan fingerprint density at radius 3 is 0.983 bits per heavy atom. The number of nitrogens with one attached hydrogen (secondary N) is 4. The van der Waals surface area contributed by atoms with E-state index in [9.17, 15) is 94.6 Å². The standard InChI is InChI=1S/4C17H17F2N2O8P/c4*1-9-6-21(16(24)20-14(9)23)15-12(22)5-17(19,28-15)8-27-30(25)26-7-10-4-11(18)2-3-13(10)29-30/h4*2-4,6,12,15,22H,5,7-8H2,1H3,(H,20,23,24)/t4*12-,15-,17+,30?/m1111/s1/i8D2,15D;15D;8D2;. The number of halogens is 8. The van der Waals surface area contributed by atoms with Crippen molar-refractivity contribution in [3.8, 4) is 23.0 Å². The molecule has 0 spiro atoms. The maximum atomic E-state index is 15.6. The minimum absolute atomic E-state index is 0.0261. The van der Waals surface area contributed by atoms with Crippen LogP contribution in [0.3, 0.4) is 0 Å². The van der Waals surface area contributed by atoms with Crippen molar-refractivity contribution in [1.82, 2.24) is 38.2 Å². The predicted molar refractivity (Wildman–Crippen MR) is 384 cm³/mol. The van der Waals surface area contributed by atoms with Crippen LogP contribution in [0.1, 0.15) is 103 Å². The predicted octanol–water partition coefficient (Wildman–Crippen LogP) is 6.65. The van der Waals surface area contributed by atoms with Crippen LogP contribution in [0.25, 0.3) is 0 Å². The number of hydrogen-bond acceptors (Lipinski definition) is 32. The Bertz CT molecular complexity index is 6380. The van der Waals surface area contributed by atoms with E-state index in [0.717, 1.165) is 90.0 Å². The molecule has 0 amide bonds. The first-order valence-electron chi connectivity index (χ1n) is 37.7. The highest BCUT2D eigenvalue weighted by Crippen LogP contribution is 2.60. The molecule has 8 aromatic rings. The molecule has 52 heteroatoms. The smallest absolute Gasteiger partial charge is 0.404 e. The SMILES string of the molecule is Cc1cn([C@@H]2O[C@](F)(COP3(=O)OCc4cc(F)ccc4O3)C[C@H]2O)c(=O)[nH]c1=O.[2H]C([2H])(OP1(=O)OCc2cc(F)ccc2O1)[C@]1(F)C[C@@H](O)[C@H](n2cc(C)c(=O)[nH]c2=O)O1.[2H]C([2H])(OP1(=O)OCc2cc(F)ccc2O1)[C@]1(F)C[C@@H](O)[C@]([2H])(n2cc(C)c(=O)[nH]c2=O)O1.[2H][C@@]1(n2cc(C)c(=O)[nH]c2=O)O[C@](F)(COP2(=O)OCc3cc(F)ccc3O2)C[C@H]1O. The van der Waals surface area contributed by atoms with Gasteiger partial charge in [-0.05, 0) is 100 Å². The van der Waals surface area contributed by atoms with Crippen LogP contribution in [0.2, 0.25) is 0 Å². The zero-order valence-corrected chi connectivity index (χ0v) is 65.2. The molecule has 0 radical (unpaired) electrons. The van der Waals surface area contributed by atoms with Gasteiger partial charge in [0.2, 0.25) is 23.4 Å². The molecule has 4 saturated heterocycles. The minimum atomic E-state index is -4.81. The van der Waals surface area contributed by atoms with Gasteiger partial charge in [-0.15, -0.1) is 0 Å². The fourth-order valence-electron chi connectivity index (χ4n) is 12.0. The number of phosphoric ester groups is 4. The third kappa shape index (κ3) is 20.0. The summed E-state index contributed by atoms with van der Waals surface area (Å²) in [6.07, 6.45) is -15.6. The Labute approximate surface area is 673 Å². The zero-order chi connectivity index (χ0) is 92.2. The second-order valence-electron chi connectivity index (χ2n) is 27.1. The second kappa shape index (κ2) is 34.1. The number of H-pyrrole nitrogens is 4. The van der Waals surface area contributed by atoms with Crippen LogP contribution >= 0.6 is 31.3 Å². The average molecular weight is 1790 g/mol. The van der Waals surface area contributed by atoms with Crippen LogP contribution in [0.4, 0.5) is 35.1 Å².